The van der Waals surface area contributed by atoms with Crippen molar-refractivity contribution in [3.05, 3.63) is 12.4 Å². The second kappa shape index (κ2) is 5.82. The van der Waals surface area contributed by atoms with Gasteiger partial charge in [0.25, 0.3) is 0 Å². The predicted octanol–water partition coefficient (Wildman–Crippen LogP) is 1.51. The SMILES string of the molecule is CCCNc1cncc(N(C)C(C)(C)CO)n1. The van der Waals surface area contributed by atoms with E-state index in [4.69, 9.17) is 0 Å². The highest BCUT2D eigenvalue weighted by atomic mass is 16.3. The molecule has 0 amide bonds. The van der Waals surface area contributed by atoms with Crippen LogP contribution >= 0.6 is 0 Å². The van der Waals surface area contributed by atoms with Crippen LogP contribution in [0.2, 0.25) is 0 Å². The smallest absolute Gasteiger partial charge is 0.149 e. The second-order valence-electron chi connectivity index (χ2n) is 4.72. The van der Waals surface area contributed by atoms with Crippen molar-refractivity contribution in [3.63, 3.8) is 0 Å². The molecule has 5 heteroatoms. The first-order valence-corrected chi connectivity index (χ1v) is 5.92. The van der Waals surface area contributed by atoms with Gasteiger partial charge in [-0.15, -0.1) is 0 Å². The molecule has 0 atom stereocenters. The molecule has 1 heterocycles. The maximum Gasteiger partial charge on any atom is 0.149 e. The largest absolute Gasteiger partial charge is 0.394 e. The van der Waals surface area contributed by atoms with Crippen LogP contribution in [0.3, 0.4) is 0 Å². The third-order valence-corrected chi connectivity index (χ3v) is 2.82. The molecule has 1 rings (SSSR count). The number of nitrogens with zero attached hydrogens (tertiary/aromatic N) is 3. The van der Waals surface area contributed by atoms with Crippen LogP contribution in [0, 0.1) is 0 Å². The van der Waals surface area contributed by atoms with E-state index in [1.165, 1.54) is 0 Å². The average molecular weight is 238 g/mol. The molecule has 0 fully saturated rings. The molecule has 0 unspecified atom stereocenters. The summed E-state index contributed by atoms with van der Waals surface area (Å²) in [5.74, 6) is 1.52. The van der Waals surface area contributed by atoms with Gasteiger partial charge in [-0.05, 0) is 20.3 Å². The van der Waals surface area contributed by atoms with Crippen molar-refractivity contribution < 1.29 is 5.11 Å². The number of rotatable bonds is 6. The fourth-order valence-corrected chi connectivity index (χ4v) is 1.27. The summed E-state index contributed by atoms with van der Waals surface area (Å²) in [6.45, 7) is 6.97. The van der Waals surface area contributed by atoms with Crippen molar-refractivity contribution in [2.75, 3.05) is 30.4 Å². The molecule has 17 heavy (non-hydrogen) atoms. The molecular weight excluding hydrogens is 216 g/mol. The van der Waals surface area contributed by atoms with Crippen LogP contribution in [-0.2, 0) is 0 Å². The third-order valence-electron chi connectivity index (χ3n) is 2.82. The molecule has 0 radical (unpaired) electrons. The van der Waals surface area contributed by atoms with Gasteiger partial charge in [0.1, 0.15) is 11.6 Å². The zero-order valence-corrected chi connectivity index (χ0v) is 11.1. The zero-order valence-electron chi connectivity index (χ0n) is 11.1. The minimum atomic E-state index is -0.349. The van der Waals surface area contributed by atoms with Gasteiger partial charge >= 0.3 is 0 Å². The van der Waals surface area contributed by atoms with Crippen LogP contribution < -0.4 is 10.2 Å². The van der Waals surface area contributed by atoms with Crippen LogP contribution in [0.25, 0.3) is 0 Å². The number of aliphatic hydroxyl groups is 1. The van der Waals surface area contributed by atoms with Gasteiger partial charge in [0.2, 0.25) is 0 Å². The van der Waals surface area contributed by atoms with E-state index in [0.29, 0.717) is 0 Å². The molecule has 0 aliphatic rings. The van der Waals surface area contributed by atoms with E-state index >= 15 is 0 Å². The van der Waals surface area contributed by atoms with Crippen molar-refractivity contribution in [1.82, 2.24) is 9.97 Å². The van der Waals surface area contributed by atoms with Gasteiger partial charge in [-0.3, -0.25) is 4.98 Å². The first kappa shape index (κ1) is 13.7. The van der Waals surface area contributed by atoms with Gasteiger partial charge in [0, 0.05) is 13.6 Å². The molecule has 0 aliphatic carbocycles. The van der Waals surface area contributed by atoms with E-state index in [0.717, 1.165) is 24.6 Å². The summed E-state index contributed by atoms with van der Waals surface area (Å²) in [5, 5.41) is 12.5. The molecule has 0 saturated heterocycles. The molecule has 0 aromatic carbocycles. The van der Waals surface area contributed by atoms with Gasteiger partial charge in [-0.2, -0.15) is 0 Å². The number of nitrogens with one attached hydrogen (secondary N) is 1. The Kier molecular flexibility index (Phi) is 4.69. The minimum absolute atomic E-state index is 0.0673. The van der Waals surface area contributed by atoms with Crippen LogP contribution in [0.15, 0.2) is 12.4 Å². The second-order valence-corrected chi connectivity index (χ2v) is 4.72. The quantitative estimate of drug-likeness (QED) is 0.786. The van der Waals surface area contributed by atoms with Crippen molar-refractivity contribution in [2.24, 2.45) is 0 Å². The summed E-state index contributed by atoms with van der Waals surface area (Å²) in [6, 6.07) is 0. The van der Waals surface area contributed by atoms with E-state index in [9.17, 15) is 5.11 Å². The van der Waals surface area contributed by atoms with Gasteiger partial charge in [-0.25, -0.2) is 4.98 Å². The predicted molar refractivity (Wildman–Crippen MR) is 70.4 cm³/mol. The van der Waals surface area contributed by atoms with Crippen LogP contribution in [-0.4, -0.2) is 40.8 Å². The zero-order chi connectivity index (χ0) is 12.9. The van der Waals surface area contributed by atoms with Crippen LogP contribution in [0.1, 0.15) is 27.2 Å². The summed E-state index contributed by atoms with van der Waals surface area (Å²) in [5.41, 5.74) is -0.349. The molecule has 5 nitrogen and oxygen atoms in total. The van der Waals surface area contributed by atoms with Crippen molar-refractivity contribution in [2.45, 2.75) is 32.7 Å². The number of aliphatic hydroxyl groups excluding tert-OH is 1. The summed E-state index contributed by atoms with van der Waals surface area (Å²) in [7, 11) is 1.91. The summed E-state index contributed by atoms with van der Waals surface area (Å²) < 4.78 is 0. The number of anilines is 2. The highest BCUT2D eigenvalue weighted by Gasteiger charge is 2.23. The Bertz CT molecular complexity index is 354. The molecule has 0 spiro atoms. The minimum Gasteiger partial charge on any atom is -0.394 e. The first-order chi connectivity index (χ1) is 8.01. The Morgan fingerprint density at radius 2 is 2.12 bits per heavy atom. The number of aromatic nitrogens is 2. The summed E-state index contributed by atoms with van der Waals surface area (Å²) in [4.78, 5) is 10.6. The first-order valence-electron chi connectivity index (χ1n) is 5.92. The fourth-order valence-electron chi connectivity index (χ4n) is 1.27. The van der Waals surface area contributed by atoms with E-state index in [2.05, 4.69) is 22.2 Å². The number of hydrogen-bond donors (Lipinski definition) is 2. The Balaban J connectivity index is 2.84. The molecule has 0 aliphatic heterocycles. The van der Waals surface area contributed by atoms with Crippen molar-refractivity contribution >= 4 is 11.6 Å². The molecular formula is C12H22N4O. The fraction of sp³-hybridized carbons (Fsp3) is 0.667. The molecule has 1 aromatic heterocycles. The third kappa shape index (κ3) is 3.56. The highest BCUT2D eigenvalue weighted by molar-refractivity contribution is 5.45. The lowest BCUT2D eigenvalue weighted by Gasteiger charge is -2.34. The lowest BCUT2D eigenvalue weighted by Crippen LogP contribution is -2.44. The van der Waals surface area contributed by atoms with Gasteiger partial charge in [0.05, 0.1) is 24.5 Å². The van der Waals surface area contributed by atoms with E-state index in [1.54, 1.807) is 12.4 Å². The maximum absolute atomic E-state index is 9.33. The van der Waals surface area contributed by atoms with Gasteiger partial charge < -0.3 is 15.3 Å². The van der Waals surface area contributed by atoms with Gasteiger partial charge in [0.15, 0.2) is 0 Å². The van der Waals surface area contributed by atoms with Gasteiger partial charge in [-0.1, -0.05) is 6.92 Å². The Morgan fingerprint density at radius 3 is 2.71 bits per heavy atom. The highest BCUT2D eigenvalue weighted by Crippen LogP contribution is 2.20. The Morgan fingerprint density at radius 1 is 1.41 bits per heavy atom. The van der Waals surface area contributed by atoms with E-state index in [1.807, 2.05) is 25.8 Å². The molecule has 96 valence electrons. The topological polar surface area (TPSA) is 61.3 Å². The van der Waals surface area contributed by atoms with E-state index < -0.39 is 0 Å². The lowest BCUT2D eigenvalue weighted by molar-refractivity contribution is 0.215. The summed E-state index contributed by atoms with van der Waals surface area (Å²) >= 11 is 0. The van der Waals surface area contributed by atoms with Crippen LogP contribution in [0.4, 0.5) is 11.6 Å². The van der Waals surface area contributed by atoms with Crippen molar-refractivity contribution in [1.29, 1.82) is 0 Å². The maximum atomic E-state index is 9.33. The molecule has 0 saturated carbocycles. The van der Waals surface area contributed by atoms with Crippen molar-refractivity contribution in [3.8, 4) is 0 Å². The monoisotopic (exact) mass is 238 g/mol. The number of hydrogen-bond acceptors (Lipinski definition) is 5. The van der Waals surface area contributed by atoms with E-state index in [-0.39, 0.29) is 12.1 Å². The molecule has 2 N–H and O–H groups in total. The normalized spacial score (nSPS) is 11.4. The molecule has 0 bridgehead atoms. The Hall–Kier alpha value is -1.36. The Labute approximate surface area is 103 Å². The standard InChI is InChI=1S/C12H22N4O/c1-5-6-14-10-7-13-8-11(15-10)16(4)12(2,3)9-17/h7-8,17H,5-6,9H2,1-4H3,(H,14,15). The summed E-state index contributed by atoms with van der Waals surface area (Å²) in [6.07, 6.45) is 4.46. The lowest BCUT2D eigenvalue weighted by atomic mass is 10.1. The average Bonchev–Trinajstić information content (AvgIpc) is 2.35. The molecule has 1 aromatic rings. The van der Waals surface area contributed by atoms with Crippen LogP contribution in [0.5, 0.6) is 0 Å². The number of likely N-dealkylation sites (N-methyl/N-ethyl adjacent to an activating group) is 1.